The number of rotatable bonds is 4. The van der Waals surface area contributed by atoms with Crippen molar-refractivity contribution in [3.63, 3.8) is 0 Å². The first kappa shape index (κ1) is 14.5. The van der Waals surface area contributed by atoms with Crippen molar-refractivity contribution in [2.75, 3.05) is 7.11 Å². The van der Waals surface area contributed by atoms with Gasteiger partial charge in [-0.1, -0.05) is 6.07 Å². The molecule has 0 spiro atoms. The van der Waals surface area contributed by atoms with Crippen LogP contribution in [0.4, 0.5) is 0 Å². The van der Waals surface area contributed by atoms with E-state index in [1.165, 1.54) is 13.3 Å². The number of phenols is 1. The average molecular weight is 290 g/mol. The van der Waals surface area contributed by atoms with E-state index in [1.807, 2.05) is 0 Å². The normalized spacial score (nSPS) is 17.5. The van der Waals surface area contributed by atoms with Gasteiger partial charge in [0, 0.05) is 5.56 Å². The van der Waals surface area contributed by atoms with Gasteiger partial charge >= 0.3 is 0 Å². The molecule has 0 bridgehead atoms. The molecule has 0 radical (unpaired) electrons. The van der Waals surface area contributed by atoms with Crippen LogP contribution in [0.15, 0.2) is 28.4 Å². The zero-order valence-electron chi connectivity index (χ0n) is 11.5. The van der Waals surface area contributed by atoms with E-state index in [1.54, 1.807) is 25.1 Å². The lowest BCUT2D eigenvalue weighted by molar-refractivity contribution is -0.122. The highest BCUT2D eigenvalue weighted by atomic mass is 16.5. The number of nitrogens with zero attached hydrogens (tertiary/aromatic N) is 2. The molecule has 0 aliphatic carbocycles. The summed E-state index contributed by atoms with van der Waals surface area (Å²) in [7, 11) is 1.43. The van der Waals surface area contributed by atoms with Crippen LogP contribution in [0.3, 0.4) is 0 Å². The number of carbonyl (C=O) groups excluding carboxylic acids is 2. The number of benzene rings is 1. The first-order valence-electron chi connectivity index (χ1n) is 6.11. The molecule has 0 saturated carbocycles. The predicted molar refractivity (Wildman–Crippen MR) is 75.1 cm³/mol. The molecule has 3 N–H and O–H groups in total. The van der Waals surface area contributed by atoms with Crippen LogP contribution in [0.5, 0.6) is 11.5 Å². The molecule has 1 aliphatic rings. The van der Waals surface area contributed by atoms with Crippen LogP contribution in [-0.4, -0.2) is 36.0 Å². The molecule has 1 atom stereocenters. The van der Waals surface area contributed by atoms with E-state index in [9.17, 15) is 14.7 Å². The Hall–Kier alpha value is -2.90. The Labute approximate surface area is 120 Å². The van der Waals surface area contributed by atoms with Gasteiger partial charge in [0.1, 0.15) is 5.71 Å². The smallest absolute Gasteiger partial charge is 0.288 e. The molecule has 2 rings (SSSR count). The van der Waals surface area contributed by atoms with Crippen molar-refractivity contribution in [1.29, 1.82) is 0 Å². The van der Waals surface area contributed by atoms with E-state index in [0.29, 0.717) is 11.3 Å². The summed E-state index contributed by atoms with van der Waals surface area (Å²) in [5, 5.41) is 17.2. The van der Waals surface area contributed by atoms with E-state index in [-0.39, 0.29) is 17.4 Å². The molecule has 0 aromatic heterocycles. The Morgan fingerprint density at radius 1 is 1.57 bits per heavy atom. The van der Waals surface area contributed by atoms with Gasteiger partial charge in [0.15, 0.2) is 11.5 Å². The molecular weight excluding hydrogens is 276 g/mol. The van der Waals surface area contributed by atoms with Gasteiger partial charge in [-0.05, 0) is 19.1 Å². The van der Waals surface area contributed by atoms with Gasteiger partial charge in [0.2, 0.25) is 5.91 Å². The monoisotopic (exact) mass is 290 g/mol. The Kier molecular flexibility index (Phi) is 4.17. The van der Waals surface area contributed by atoms with E-state index in [4.69, 9.17) is 4.74 Å². The third kappa shape index (κ3) is 2.99. The molecule has 8 heteroatoms. The largest absolute Gasteiger partial charge is 0.504 e. The molecule has 2 amide bonds. The standard InChI is InChI=1S/C13H14N4O4/c1-7-10(15-17-12(7)19)13(20)16-14-6-8-4-3-5-9(21-2)11(8)18/h3-7,18H,1-2H3,(H,16,20)(H,17,19)/b14-6+/t7-/m1/s1. The molecule has 1 heterocycles. The third-order valence-electron chi connectivity index (χ3n) is 2.94. The van der Waals surface area contributed by atoms with Crippen molar-refractivity contribution < 1.29 is 19.4 Å². The first-order chi connectivity index (χ1) is 10.0. The molecule has 0 unspecified atom stereocenters. The van der Waals surface area contributed by atoms with Crippen LogP contribution in [0.25, 0.3) is 0 Å². The average Bonchev–Trinajstić information content (AvgIpc) is 2.81. The van der Waals surface area contributed by atoms with Crippen LogP contribution in [0.1, 0.15) is 12.5 Å². The van der Waals surface area contributed by atoms with Crippen LogP contribution >= 0.6 is 0 Å². The fraction of sp³-hybridized carbons (Fsp3) is 0.231. The highest BCUT2D eigenvalue weighted by Crippen LogP contribution is 2.27. The number of para-hydroxylation sites is 1. The predicted octanol–water partition coefficient (Wildman–Crippen LogP) is -0.0272. The summed E-state index contributed by atoms with van der Waals surface area (Å²) in [6.45, 7) is 1.57. The van der Waals surface area contributed by atoms with E-state index >= 15 is 0 Å². The summed E-state index contributed by atoms with van der Waals surface area (Å²) in [5.41, 5.74) is 4.90. The van der Waals surface area contributed by atoms with Gasteiger partial charge in [0.05, 0.1) is 19.2 Å². The summed E-state index contributed by atoms with van der Waals surface area (Å²) in [6.07, 6.45) is 1.27. The van der Waals surface area contributed by atoms with Crippen LogP contribution in [0, 0.1) is 5.92 Å². The Morgan fingerprint density at radius 3 is 2.95 bits per heavy atom. The summed E-state index contributed by atoms with van der Waals surface area (Å²) in [6, 6.07) is 4.87. The summed E-state index contributed by atoms with van der Waals surface area (Å²) >= 11 is 0. The minimum absolute atomic E-state index is 0.0621. The molecule has 0 saturated heterocycles. The number of ether oxygens (including phenoxy) is 1. The molecule has 1 aliphatic heterocycles. The number of methoxy groups -OCH3 is 1. The number of phenolic OH excluding ortho intramolecular Hbond substituents is 1. The Balaban J connectivity index is 2.03. The van der Waals surface area contributed by atoms with Gasteiger partial charge in [-0.25, -0.2) is 10.9 Å². The second-order valence-electron chi connectivity index (χ2n) is 4.29. The minimum Gasteiger partial charge on any atom is -0.504 e. The van der Waals surface area contributed by atoms with E-state index in [2.05, 4.69) is 21.1 Å². The Bertz CT molecular complexity index is 639. The lowest BCUT2D eigenvalue weighted by Crippen LogP contribution is -2.32. The zero-order valence-corrected chi connectivity index (χ0v) is 11.5. The zero-order chi connectivity index (χ0) is 15.4. The van der Waals surface area contributed by atoms with Gasteiger partial charge in [-0.15, -0.1) is 0 Å². The van der Waals surface area contributed by atoms with Crippen LogP contribution < -0.4 is 15.6 Å². The van der Waals surface area contributed by atoms with E-state index in [0.717, 1.165) is 0 Å². The van der Waals surface area contributed by atoms with Crippen molar-refractivity contribution in [2.24, 2.45) is 16.1 Å². The molecular formula is C13H14N4O4. The summed E-state index contributed by atoms with van der Waals surface area (Å²) < 4.78 is 4.96. The molecule has 21 heavy (non-hydrogen) atoms. The van der Waals surface area contributed by atoms with Gasteiger partial charge in [0.25, 0.3) is 5.91 Å². The summed E-state index contributed by atoms with van der Waals surface area (Å²) in [4.78, 5) is 23.0. The summed E-state index contributed by atoms with van der Waals surface area (Å²) in [5.74, 6) is -1.32. The van der Waals surface area contributed by atoms with Gasteiger partial charge in [-0.3, -0.25) is 9.59 Å². The molecule has 0 fully saturated rings. The van der Waals surface area contributed by atoms with Crippen LogP contribution in [0.2, 0.25) is 0 Å². The number of hydrogen-bond acceptors (Lipinski definition) is 6. The number of carbonyl (C=O) groups is 2. The van der Waals surface area contributed by atoms with Crippen molar-refractivity contribution in [3.05, 3.63) is 23.8 Å². The number of hydrazone groups is 2. The fourth-order valence-corrected chi connectivity index (χ4v) is 1.71. The lowest BCUT2D eigenvalue weighted by atomic mass is 10.1. The number of aromatic hydroxyl groups is 1. The maximum atomic E-state index is 11.8. The highest BCUT2D eigenvalue weighted by Gasteiger charge is 2.30. The van der Waals surface area contributed by atoms with Crippen LogP contribution in [-0.2, 0) is 9.59 Å². The maximum Gasteiger partial charge on any atom is 0.288 e. The van der Waals surface area contributed by atoms with Gasteiger partial charge < -0.3 is 9.84 Å². The maximum absolute atomic E-state index is 11.8. The van der Waals surface area contributed by atoms with Gasteiger partial charge in [-0.2, -0.15) is 10.2 Å². The lowest BCUT2D eigenvalue weighted by Gasteiger charge is -2.05. The molecule has 1 aromatic carbocycles. The van der Waals surface area contributed by atoms with E-state index < -0.39 is 11.8 Å². The quantitative estimate of drug-likeness (QED) is 0.534. The fourth-order valence-electron chi connectivity index (χ4n) is 1.71. The molecule has 1 aromatic rings. The minimum atomic E-state index is -0.620. The first-order valence-corrected chi connectivity index (χ1v) is 6.11. The Morgan fingerprint density at radius 2 is 2.33 bits per heavy atom. The molecule has 8 nitrogen and oxygen atoms in total. The van der Waals surface area contributed by atoms with Crippen molar-refractivity contribution in [1.82, 2.24) is 10.9 Å². The third-order valence-corrected chi connectivity index (χ3v) is 2.94. The second kappa shape index (κ2) is 6.04. The number of nitrogens with one attached hydrogen (secondary N) is 2. The topological polar surface area (TPSA) is 112 Å². The van der Waals surface area contributed by atoms with Crippen molar-refractivity contribution >= 4 is 23.7 Å². The second-order valence-corrected chi connectivity index (χ2v) is 4.29. The SMILES string of the molecule is COc1cccc(/C=N/NC(=O)C2=NNC(=O)[C@@H]2C)c1O. The van der Waals surface area contributed by atoms with Crippen molar-refractivity contribution in [3.8, 4) is 11.5 Å². The molecule has 110 valence electrons. The highest BCUT2D eigenvalue weighted by molar-refractivity contribution is 6.44. The number of amides is 2. The number of hydrogen-bond donors (Lipinski definition) is 3. The van der Waals surface area contributed by atoms with Crippen molar-refractivity contribution in [2.45, 2.75) is 6.92 Å².